The zero-order valence-corrected chi connectivity index (χ0v) is 7.07. The van der Waals surface area contributed by atoms with E-state index in [4.69, 9.17) is 0 Å². The van der Waals surface area contributed by atoms with E-state index >= 15 is 0 Å². The molecule has 0 bridgehead atoms. The number of nitrogens with one attached hydrogen (secondary N) is 1. The predicted molar refractivity (Wildman–Crippen MR) is 41.8 cm³/mol. The fraction of sp³-hybridized carbons (Fsp3) is 0.833. The van der Waals surface area contributed by atoms with Crippen molar-refractivity contribution >= 4 is 22.9 Å². The van der Waals surface area contributed by atoms with Crippen molar-refractivity contribution in [3.05, 3.63) is 0 Å². The van der Waals surface area contributed by atoms with Gasteiger partial charge in [-0.05, 0) is 12.8 Å². The summed E-state index contributed by atoms with van der Waals surface area (Å²) in [6.07, 6.45) is 4.18. The van der Waals surface area contributed by atoms with E-state index in [1.54, 1.807) is 0 Å². The van der Waals surface area contributed by atoms with Gasteiger partial charge in [0.15, 0.2) is 0 Å². The predicted octanol–water partition coefficient (Wildman–Crippen LogP) is 1.25. The fourth-order valence-electron chi connectivity index (χ4n) is 0.904. The van der Waals surface area contributed by atoms with Crippen molar-refractivity contribution in [2.75, 3.05) is 6.54 Å². The quantitative estimate of drug-likeness (QED) is 0.617. The number of hydrogen-bond acceptors (Lipinski definition) is 1. The van der Waals surface area contributed by atoms with Crippen LogP contribution in [0.1, 0.15) is 25.7 Å². The Kier molecular flexibility index (Phi) is 4.77. The Bertz CT molecular complexity index is 85.1. The molecule has 54 valence electrons. The lowest BCUT2D eigenvalue weighted by atomic mass is 10.2. The Hall–Kier alpha value is -0.0500. The van der Waals surface area contributed by atoms with Gasteiger partial charge in [-0.15, -0.1) is 17.0 Å². The monoisotopic (exact) mass is 193 g/mol. The van der Waals surface area contributed by atoms with Gasteiger partial charge in [0, 0.05) is 13.0 Å². The van der Waals surface area contributed by atoms with Crippen LogP contribution in [0, 0.1) is 0 Å². The van der Waals surface area contributed by atoms with Gasteiger partial charge in [-0.25, -0.2) is 0 Å². The summed E-state index contributed by atoms with van der Waals surface area (Å²) in [5.74, 6) is 0.225. The summed E-state index contributed by atoms with van der Waals surface area (Å²) < 4.78 is 0. The fourth-order valence-corrected chi connectivity index (χ4v) is 0.904. The molecule has 0 spiro atoms. The third kappa shape index (κ3) is 3.51. The number of halogens is 1. The maximum absolute atomic E-state index is 10.6. The molecule has 1 aliphatic rings. The highest BCUT2D eigenvalue weighted by Crippen LogP contribution is 2.02. The Morgan fingerprint density at radius 2 is 2.00 bits per heavy atom. The van der Waals surface area contributed by atoms with E-state index in [2.05, 4.69) is 5.32 Å². The van der Waals surface area contributed by atoms with E-state index in [1.165, 1.54) is 6.42 Å². The molecule has 1 rings (SSSR count). The van der Waals surface area contributed by atoms with Crippen LogP contribution in [0.15, 0.2) is 0 Å². The summed E-state index contributed by atoms with van der Waals surface area (Å²) in [4.78, 5) is 10.6. The average Bonchev–Trinajstić information content (AvgIpc) is 1.94. The van der Waals surface area contributed by atoms with Crippen LogP contribution in [-0.4, -0.2) is 12.5 Å². The molecule has 1 saturated heterocycles. The second kappa shape index (κ2) is 4.79. The van der Waals surface area contributed by atoms with Gasteiger partial charge in [0.1, 0.15) is 0 Å². The molecule has 1 aliphatic heterocycles. The normalized spacial score (nSPS) is 19.3. The van der Waals surface area contributed by atoms with Gasteiger partial charge in [0.05, 0.1) is 0 Å². The van der Waals surface area contributed by atoms with Crippen LogP contribution < -0.4 is 5.32 Å². The van der Waals surface area contributed by atoms with Crippen molar-refractivity contribution in [1.29, 1.82) is 0 Å². The topological polar surface area (TPSA) is 29.1 Å². The van der Waals surface area contributed by atoms with E-state index in [1.807, 2.05) is 0 Å². The van der Waals surface area contributed by atoms with Crippen LogP contribution in [-0.2, 0) is 4.79 Å². The lowest BCUT2D eigenvalue weighted by Gasteiger charge is -1.93. The van der Waals surface area contributed by atoms with Crippen molar-refractivity contribution in [2.24, 2.45) is 0 Å². The molecule has 0 aliphatic carbocycles. The van der Waals surface area contributed by atoms with Crippen LogP contribution >= 0.6 is 17.0 Å². The van der Waals surface area contributed by atoms with Crippen LogP contribution in [0.5, 0.6) is 0 Å². The molecule has 0 aromatic carbocycles. The first-order chi connectivity index (χ1) is 3.89. The highest BCUT2D eigenvalue weighted by Gasteiger charge is 2.03. The van der Waals surface area contributed by atoms with Gasteiger partial charge in [-0.2, -0.15) is 0 Å². The third-order valence-corrected chi connectivity index (χ3v) is 1.40. The molecule has 0 radical (unpaired) electrons. The number of amides is 1. The number of carbonyl (C=O) groups is 1. The number of rotatable bonds is 0. The Balaban J connectivity index is 0.000000640. The smallest absolute Gasteiger partial charge is 0.219 e. The Morgan fingerprint density at radius 1 is 1.22 bits per heavy atom. The molecule has 0 aromatic rings. The minimum absolute atomic E-state index is 0. The van der Waals surface area contributed by atoms with Gasteiger partial charge in [0.2, 0.25) is 5.91 Å². The SMILES string of the molecule is Br.O=C1CCCCCN1. The zero-order chi connectivity index (χ0) is 5.82. The molecule has 1 amide bonds. The molecule has 3 heteroatoms. The van der Waals surface area contributed by atoms with Gasteiger partial charge in [-0.1, -0.05) is 6.42 Å². The van der Waals surface area contributed by atoms with E-state index in [0.29, 0.717) is 0 Å². The maximum atomic E-state index is 10.6. The Labute approximate surface area is 65.8 Å². The number of carbonyl (C=O) groups excluding carboxylic acids is 1. The Morgan fingerprint density at radius 3 is 2.78 bits per heavy atom. The van der Waals surface area contributed by atoms with E-state index in [0.717, 1.165) is 25.8 Å². The number of hydrogen-bond donors (Lipinski definition) is 1. The molecule has 0 aromatic heterocycles. The van der Waals surface area contributed by atoms with Gasteiger partial charge in [-0.3, -0.25) is 4.79 Å². The van der Waals surface area contributed by atoms with Gasteiger partial charge in [0.25, 0.3) is 0 Å². The second-order valence-electron chi connectivity index (χ2n) is 2.16. The molecule has 1 heterocycles. The lowest BCUT2D eigenvalue weighted by molar-refractivity contribution is -0.120. The third-order valence-electron chi connectivity index (χ3n) is 1.40. The molecular formula is C6H12BrNO. The van der Waals surface area contributed by atoms with Crippen LogP contribution in [0.3, 0.4) is 0 Å². The highest BCUT2D eigenvalue weighted by atomic mass is 79.9. The second-order valence-corrected chi connectivity index (χ2v) is 2.16. The van der Waals surface area contributed by atoms with E-state index in [-0.39, 0.29) is 22.9 Å². The van der Waals surface area contributed by atoms with Gasteiger partial charge >= 0.3 is 0 Å². The van der Waals surface area contributed by atoms with Crippen molar-refractivity contribution in [3.63, 3.8) is 0 Å². The minimum Gasteiger partial charge on any atom is -0.356 e. The minimum atomic E-state index is 0. The molecular weight excluding hydrogens is 182 g/mol. The first kappa shape index (κ1) is 8.95. The van der Waals surface area contributed by atoms with E-state index < -0.39 is 0 Å². The summed E-state index contributed by atoms with van der Waals surface area (Å²) in [6, 6.07) is 0. The largest absolute Gasteiger partial charge is 0.356 e. The van der Waals surface area contributed by atoms with Crippen molar-refractivity contribution in [2.45, 2.75) is 25.7 Å². The lowest BCUT2D eigenvalue weighted by Crippen LogP contribution is -2.21. The summed E-state index contributed by atoms with van der Waals surface area (Å²) in [5.41, 5.74) is 0. The molecule has 9 heavy (non-hydrogen) atoms. The molecule has 0 atom stereocenters. The molecule has 2 nitrogen and oxygen atoms in total. The standard InChI is InChI=1S/C6H11NO.BrH/c8-6-4-2-1-3-5-7-6;/h1-5H2,(H,7,8);1H. The zero-order valence-electron chi connectivity index (χ0n) is 5.35. The van der Waals surface area contributed by atoms with Crippen molar-refractivity contribution < 1.29 is 4.79 Å². The summed E-state index contributed by atoms with van der Waals surface area (Å²) in [5, 5.41) is 2.81. The average molecular weight is 194 g/mol. The molecule has 1 fully saturated rings. The van der Waals surface area contributed by atoms with Gasteiger partial charge < -0.3 is 5.32 Å². The van der Waals surface area contributed by atoms with Crippen LogP contribution in [0.4, 0.5) is 0 Å². The van der Waals surface area contributed by atoms with Crippen molar-refractivity contribution in [3.8, 4) is 0 Å². The maximum Gasteiger partial charge on any atom is 0.219 e. The first-order valence-corrected chi connectivity index (χ1v) is 3.16. The first-order valence-electron chi connectivity index (χ1n) is 3.16. The summed E-state index contributed by atoms with van der Waals surface area (Å²) >= 11 is 0. The molecule has 0 saturated carbocycles. The summed E-state index contributed by atoms with van der Waals surface area (Å²) in [7, 11) is 0. The molecule has 0 unspecified atom stereocenters. The van der Waals surface area contributed by atoms with E-state index in [9.17, 15) is 4.79 Å². The molecule has 1 N–H and O–H groups in total. The van der Waals surface area contributed by atoms with Crippen molar-refractivity contribution in [1.82, 2.24) is 5.32 Å². The highest BCUT2D eigenvalue weighted by molar-refractivity contribution is 8.93. The van der Waals surface area contributed by atoms with Crippen LogP contribution in [0.2, 0.25) is 0 Å². The van der Waals surface area contributed by atoms with Crippen LogP contribution in [0.25, 0.3) is 0 Å². The summed E-state index contributed by atoms with van der Waals surface area (Å²) in [6.45, 7) is 0.888.